The predicted molar refractivity (Wildman–Crippen MR) is 70.1 cm³/mol. The highest BCUT2D eigenvalue weighted by Crippen LogP contribution is 2.31. The lowest BCUT2D eigenvalue weighted by atomic mass is 10.4. The lowest BCUT2D eigenvalue weighted by Crippen LogP contribution is -2.18. The van der Waals surface area contributed by atoms with E-state index in [-0.39, 0.29) is 16.7 Å². The van der Waals surface area contributed by atoms with Gasteiger partial charge < -0.3 is 4.90 Å². The highest BCUT2D eigenvalue weighted by atomic mass is 35.5. The zero-order valence-corrected chi connectivity index (χ0v) is 11.0. The van der Waals surface area contributed by atoms with Gasteiger partial charge in [-0.3, -0.25) is 10.1 Å². The van der Waals surface area contributed by atoms with Gasteiger partial charge in [0.1, 0.15) is 6.33 Å². The van der Waals surface area contributed by atoms with Crippen LogP contribution in [0.3, 0.4) is 0 Å². The van der Waals surface area contributed by atoms with Crippen molar-refractivity contribution in [3.63, 3.8) is 0 Å². The summed E-state index contributed by atoms with van der Waals surface area (Å²) < 4.78 is 0. The van der Waals surface area contributed by atoms with Crippen molar-refractivity contribution >= 4 is 34.4 Å². The van der Waals surface area contributed by atoms with Gasteiger partial charge in [-0.2, -0.15) is 0 Å². The molecule has 0 radical (unpaired) electrons. The van der Waals surface area contributed by atoms with Gasteiger partial charge in [-0.05, 0) is 11.4 Å². The highest BCUT2D eigenvalue weighted by molar-refractivity contribution is 7.09. The zero-order chi connectivity index (χ0) is 13.1. The van der Waals surface area contributed by atoms with Crippen molar-refractivity contribution in [3.05, 3.63) is 44.0 Å². The summed E-state index contributed by atoms with van der Waals surface area (Å²) in [5, 5.41) is 12.8. The van der Waals surface area contributed by atoms with E-state index in [0.717, 1.165) is 4.88 Å². The lowest BCUT2D eigenvalue weighted by Gasteiger charge is -2.16. The SMILES string of the molecule is CN(Cc1cccs1)c1ncnc(Cl)c1[N+](=O)[O-]. The fourth-order valence-electron chi connectivity index (χ4n) is 1.50. The topological polar surface area (TPSA) is 72.2 Å². The van der Waals surface area contributed by atoms with Crippen molar-refractivity contribution in [1.29, 1.82) is 0 Å². The van der Waals surface area contributed by atoms with E-state index in [4.69, 9.17) is 11.6 Å². The van der Waals surface area contributed by atoms with E-state index in [1.54, 1.807) is 23.3 Å². The van der Waals surface area contributed by atoms with Crippen molar-refractivity contribution in [1.82, 2.24) is 9.97 Å². The minimum Gasteiger partial charge on any atom is -0.349 e. The minimum atomic E-state index is -0.567. The summed E-state index contributed by atoms with van der Waals surface area (Å²) in [7, 11) is 1.73. The van der Waals surface area contributed by atoms with E-state index < -0.39 is 4.92 Å². The summed E-state index contributed by atoms with van der Waals surface area (Å²) in [6, 6.07) is 3.88. The first-order chi connectivity index (χ1) is 8.59. The van der Waals surface area contributed by atoms with Crippen LogP contribution in [0, 0.1) is 10.1 Å². The number of nitro groups is 1. The Morgan fingerprint density at radius 2 is 2.33 bits per heavy atom. The zero-order valence-electron chi connectivity index (χ0n) is 9.41. The van der Waals surface area contributed by atoms with Gasteiger partial charge in [-0.25, -0.2) is 9.97 Å². The number of thiophene rings is 1. The molecule has 2 rings (SSSR count). The molecule has 0 aromatic carbocycles. The van der Waals surface area contributed by atoms with Crippen molar-refractivity contribution in [2.45, 2.75) is 6.54 Å². The Labute approximate surface area is 112 Å². The maximum absolute atomic E-state index is 11.0. The number of anilines is 1. The largest absolute Gasteiger partial charge is 0.349 e. The number of nitrogens with zero attached hydrogens (tertiary/aromatic N) is 4. The number of hydrogen-bond donors (Lipinski definition) is 0. The van der Waals surface area contributed by atoms with Crippen LogP contribution < -0.4 is 4.90 Å². The number of aromatic nitrogens is 2. The Balaban J connectivity index is 2.32. The maximum Gasteiger partial charge on any atom is 0.348 e. The minimum absolute atomic E-state index is 0.150. The summed E-state index contributed by atoms with van der Waals surface area (Å²) in [5.74, 6) is 0.216. The predicted octanol–water partition coefficient (Wildman–Crippen LogP) is 2.74. The Hall–Kier alpha value is -1.73. The van der Waals surface area contributed by atoms with Gasteiger partial charge in [0.15, 0.2) is 0 Å². The van der Waals surface area contributed by atoms with Crippen LogP contribution in [0.2, 0.25) is 5.15 Å². The van der Waals surface area contributed by atoms with E-state index in [0.29, 0.717) is 6.54 Å². The summed E-state index contributed by atoms with van der Waals surface area (Å²) >= 11 is 7.31. The van der Waals surface area contributed by atoms with E-state index in [1.807, 2.05) is 17.5 Å². The van der Waals surface area contributed by atoms with Crippen LogP contribution in [0.4, 0.5) is 11.5 Å². The van der Waals surface area contributed by atoms with E-state index in [2.05, 4.69) is 9.97 Å². The molecule has 0 aliphatic carbocycles. The normalized spacial score (nSPS) is 10.3. The summed E-state index contributed by atoms with van der Waals surface area (Å²) in [6.07, 6.45) is 1.22. The van der Waals surface area contributed by atoms with Crippen LogP contribution >= 0.6 is 22.9 Å². The smallest absolute Gasteiger partial charge is 0.348 e. The third-order valence-corrected chi connectivity index (χ3v) is 3.41. The number of halogens is 1. The number of rotatable bonds is 4. The average molecular weight is 285 g/mol. The second-order valence-electron chi connectivity index (χ2n) is 3.53. The molecular weight excluding hydrogens is 276 g/mol. The van der Waals surface area contributed by atoms with Gasteiger partial charge >= 0.3 is 5.69 Å². The van der Waals surface area contributed by atoms with E-state index in [9.17, 15) is 10.1 Å². The van der Waals surface area contributed by atoms with Crippen LogP contribution in [0.25, 0.3) is 0 Å². The first kappa shape index (κ1) is 12.7. The maximum atomic E-state index is 11.0. The molecule has 0 aliphatic heterocycles. The molecule has 0 fully saturated rings. The molecule has 6 nitrogen and oxygen atoms in total. The third kappa shape index (κ3) is 2.57. The molecule has 0 N–H and O–H groups in total. The van der Waals surface area contributed by atoms with Gasteiger partial charge in [0.05, 0.1) is 11.5 Å². The van der Waals surface area contributed by atoms with Crippen LogP contribution in [0.5, 0.6) is 0 Å². The highest BCUT2D eigenvalue weighted by Gasteiger charge is 2.24. The molecule has 8 heteroatoms. The van der Waals surface area contributed by atoms with Crippen molar-refractivity contribution in [2.24, 2.45) is 0 Å². The standard InChI is InChI=1S/C10H9ClN4O2S/c1-14(5-7-3-2-4-18-7)10-8(15(16)17)9(11)12-6-13-10/h2-4,6H,5H2,1H3. The Morgan fingerprint density at radius 1 is 1.56 bits per heavy atom. The summed E-state index contributed by atoms with van der Waals surface area (Å²) in [5.41, 5.74) is -0.266. The summed E-state index contributed by atoms with van der Waals surface area (Å²) in [6.45, 7) is 0.534. The molecule has 2 aromatic rings. The first-order valence-electron chi connectivity index (χ1n) is 4.98. The van der Waals surface area contributed by atoms with Crippen LogP contribution in [0.15, 0.2) is 23.8 Å². The monoisotopic (exact) mass is 284 g/mol. The molecule has 18 heavy (non-hydrogen) atoms. The quantitative estimate of drug-likeness (QED) is 0.490. The second kappa shape index (κ2) is 5.28. The molecule has 94 valence electrons. The molecule has 0 spiro atoms. The van der Waals surface area contributed by atoms with Gasteiger partial charge in [-0.15, -0.1) is 11.3 Å². The summed E-state index contributed by atoms with van der Waals surface area (Å²) in [4.78, 5) is 20.7. The van der Waals surface area contributed by atoms with Gasteiger partial charge in [0, 0.05) is 11.9 Å². The molecule has 2 aromatic heterocycles. The van der Waals surface area contributed by atoms with Crippen molar-refractivity contribution in [3.8, 4) is 0 Å². The second-order valence-corrected chi connectivity index (χ2v) is 4.92. The fraction of sp³-hybridized carbons (Fsp3) is 0.200. The molecule has 0 saturated carbocycles. The molecule has 2 heterocycles. The number of hydrogen-bond acceptors (Lipinski definition) is 6. The molecule has 0 unspecified atom stereocenters. The fourth-order valence-corrected chi connectivity index (χ4v) is 2.45. The van der Waals surface area contributed by atoms with Crippen LogP contribution in [-0.2, 0) is 6.54 Å². The molecular formula is C10H9ClN4O2S. The Kier molecular flexibility index (Phi) is 3.73. The molecule has 0 atom stereocenters. The average Bonchev–Trinajstić information content (AvgIpc) is 2.80. The van der Waals surface area contributed by atoms with Crippen molar-refractivity contribution in [2.75, 3.05) is 11.9 Å². The van der Waals surface area contributed by atoms with Crippen molar-refractivity contribution < 1.29 is 4.92 Å². The first-order valence-corrected chi connectivity index (χ1v) is 6.23. The van der Waals surface area contributed by atoms with Crippen LogP contribution in [0.1, 0.15) is 4.88 Å². The van der Waals surface area contributed by atoms with Gasteiger partial charge in [0.25, 0.3) is 0 Å². The molecule has 0 amide bonds. The van der Waals surface area contributed by atoms with Gasteiger partial charge in [0.2, 0.25) is 11.0 Å². The van der Waals surface area contributed by atoms with E-state index in [1.165, 1.54) is 6.33 Å². The molecule has 0 saturated heterocycles. The van der Waals surface area contributed by atoms with Gasteiger partial charge in [-0.1, -0.05) is 17.7 Å². The third-order valence-electron chi connectivity index (χ3n) is 2.28. The lowest BCUT2D eigenvalue weighted by molar-refractivity contribution is -0.384. The Bertz CT molecular complexity index is 561. The van der Waals surface area contributed by atoms with Crippen LogP contribution in [-0.4, -0.2) is 21.9 Å². The molecule has 0 bridgehead atoms. The Morgan fingerprint density at radius 3 is 2.94 bits per heavy atom. The van der Waals surface area contributed by atoms with E-state index >= 15 is 0 Å². The molecule has 0 aliphatic rings.